The Kier molecular flexibility index (Phi) is 15.5. The average Bonchev–Trinajstić information content (AvgIpc) is 3.65. The molecule has 9 nitrogen and oxygen atoms in total. The lowest BCUT2D eigenvalue weighted by Gasteiger charge is -2.29. The standard InChI is InChI=1S/C45H61N7O2/c1-5-8-40(45(54)50-41-19-15-36(16-20-41)29-35-11-13-37(30-46)14-12-35)10-7-6-9-38(25-26-47-4)31-51-27-28-52(32-51)42-21-17-39(18-22-42)33(2)48-43-23-24-44(53)49-34(43)3/h7-8,10-14,17-18,21-22,36,38,41,43,47-48H,2-3,5-6,9,15-16,19-20,23-29,31-32H2,1,4H3,(H,49,53)(H,50,54)/b10-7-,40-8-. The largest absolute Gasteiger partial charge is 0.377 e. The number of carbonyl (C=O) groups is 2. The molecule has 1 saturated carbocycles. The lowest BCUT2D eigenvalue weighted by Crippen LogP contribution is -2.42. The Balaban J connectivity index is 1.04. The maximum absolute atomic E-state index is 13.3. The number of nitrogens with zero attached hydrogens (tertiary/aromatic N) is 3. The van der Waals surface area contributed by atoms with Gasteiger partial charge in [-0.15, -0.1) is 0 Å². The second-order valence-electron chi connectivity index (χ2n) is 15.3. The molecule has 2 atom stereocenters. The van der Waals surface area contributed by atoms with Crippen molar-refractivity contribution in [3.8, 4) is 6.07 Å². The van der Waals surface area contributed by atoms with Gasteiger partial charge in [-0.1, -0.05) is 62.6 Å². The van der Waals surface area contributed by atoms with Crippen molar-refractivity contribution in [1.29, 1.82) is 5.26 Å². The highest BCUT2D eigenvalue weighted by Crippen LogP contribution is 2.28. The van der Waals surface area contributed by atoms with Gasteiger partial charge in [-0.2, -0.15) is 5.26 Å². The molecule has 2 aromatic rings. The summed E-state index contributed by atoms with van der Waals surface area (Å²) in [5.74, 6) is 1.25. The van der Waals surface area contributed by atoms with E-state index in [1.165, 1.54) is 11.3 Å². The van der Waals surface area contributed by atoms with Crippen LogP contribution < -0.4 is 26.2 Å². The quantitative estimate of drug-likeness (QED) is 0.0986. The number of benzene rings is 2. The average molecular weight is 732 g/mol. The van der Waals surface area contributed by atoms with Gasteiger partial charge in [0.15, 0.2) is 0 Å². The summed E-state index contributed by atoms with van der Waals surface area (Å²) in [5.41, 5.74) is 6.55. The zero-order valence-electron chi connectivity index (χ0n) is 32.5. The molecule has 0 bridgehead atoms. The number of nitriles is 1. The van der Waals surface area contributed by atoms with Crippen molar-refractivity contribution >= 4 is 23.2 Å². The topological polar surface area (TPSA) is 113 Å². The van der Waals surface area contributed by atoms with Crippen molar-refractivity contribution in [2.24, 2.45) is 11.8 Å². The van der Waals surface area contributed by atoms with Gasteiger partial charge in [0.25, 0.3) is 5.91 Å². The van der Waals surface area contributed by atoms with Crippen molar-refractivity contribution < 1.29 is 9.59 Å². The molecule has 4 N–H and O–H groups in total. The van der Waals surface area contributed by atoms with E-state index in [1.54, 1.807) is 0 Å². The first-order valence-corrected chi connectivity index (χ1v) is 20.1. The number of hydrogen-bond donors (Lipinski definition) is 4. The Hall–Kier alpha value is -4.65. The van der Waals surface area contributed by atoms with Crippen LogP contribution in [0, 0.1) is 23.2 Å². The Morgan fingerprint density at radius 1 is 1.04 bits per heavy atom. The maximum Gasteiger partial charge on any atom is 0.251 e. The number of allylic oxidation sites excluding steroid dienone is 2. The van der Waals surface area contributed by atoms with E-state index >= 15 is 0 Å². The zero-order valence-corrected chi connectivity index (χ0v) is 32.5. The lowest BCUT2D eigenvalue weighted by atomic mass is 9.82. The highest BCUT2D eigenvalue weighted by atomic mass is 16.2. The minimum Gasteiger partial charge on any atom is -0.377 e. The van der Waals surface area contributed by atoms with Gasteiger partial charge in [-0.05, 0) is 125 Å². The van der Waals surface area contributed by atoms with Crippen molar-refractivity contribution in [3.63, 3.8) is 0 Å². The molecule has 3 aliphatic rings. The second kappa shape index (κ2) is 20.7. The first-order chi connectivity index (χ1) is 26.2. The highest BCUT2D eigenvalue weighted by Gasteiger charge is 2.25. The van der Waals surface area contributed by atoms with Crippen LogP contribution in [0.25, 0.3) is 5.70 Å². The molecule has 2 unspecified atom stereocenters. The van der Waals surface area contributed by atoms with Gasteiger partial charge in [0.1, 0.15) is 0 Å². The molecule has 1 aliphatic carbocycles. The predicted molar refractivity (Wildman–Crippen MR) is 220 cm³/mol. The first kappa shape index (κ1) is 40.5. The Labute approximate surface area is 323 Å². The van der Waals surface area contributed by atoms with Crippen molar-refractivity contribution in [2.45, 2.75) is 89.6 Å². The fraction of sp³-hybridized carbons (Fsp3) is 0.489. The third-order valence-electron chi connectivity index (χ3n) is 11.2. The number of piperidine rings is 1. The molecule has 2 saturated heterocycles. The van der Waals surface area contributed by atoms with E-state index in [9.17, 15) is 9.59 Å². The summed E-state index contributed by atoms with van der Waals surface area (Å²) in [7, 11) is 2.02. The first-order valence-electron chi connectivity index (χ1n) is 20.1. The molecule has 0 spiro atoms. The van der Waals surface area contributed by atoms with Crippen LogP contribution in [0.5, 0.6) is 0 Å². The van der Waals surface area contributed by atoms with Crippen LogP contribution in [0.1, 0.15) is 87.8 Å². The third-order valence-corrected chi connectivity index (χ3v) is 11.2. The smallest absolute Gasteiger partial charge is 0.251 e. The van der Waals surface area contributed by atoms with Crippen LogP contribution >= 0.6 is 0 Å². The SMILES string of the molecule is C=C(NC1CCC(=O)NC1=C)c1ccc(N2CCN(CC(CC/C=C\C(=C\CC)C(=O)NC3CCC(Cc4ccc(C#N)cc4)CC3)CCNC)C2)cc1. The van der Waals surface area contributed by atoms with Gasteiger partial charge in [0, 0.05) is 54.8 Å². The van der Waals surface area contributed by atoms with Crippen LogP contribution in [-0.2, 0) is 16.0 Å². The summed E-state index contributed by atoms with van der Waals surface area (Å²) in [6.07, 6.45) is 16.7. The van der Waals surface area contributed by atoms with Crippen molar-refractivity contribution in [1.82, 2.24) is 26.2 Å². The van der Waals surface area contributed by atoms with E-state index in [-0.39, 0.29) is 23.9 Å². The molecule has 288 valence electrons. The Morgan fingerprint density at radius 2 is 1.80 bits per heavy atom. The summed E-state index contributed by atoms with van der Waals surface area (Å²) in [6.45, 7) is 15.3. The number of nitrogens with one attached hydrogen (secondary N) is 4. The van der Waals surface area contributed by atoms with Crippen LogP contribution in [0.3, 0.4) is 0 Å². The van der Waals surface area contributed by atoms with E-state index in [4.69, 9.17) is 5.26 Å². The van der Waals surface area contributed by atoms with Crippen LogP contribution in [0.4, 0.5) is 5.69 Å². The Morgan fingerprint density at radius 3 is 2.48 bits per heavy atom. The molecule has 0 aromatic heterocycles. The van der Waals surface area contributed by atoms with Gasteiger partial charge in [-0.3, -0.25) is 14.5 Å². The summed E-state index contributed by atoms with van der Waals surface area (Å²) >= 11 is 0. The molecule has 2 aliphatic heterocycles. The molecule has 5 rings (SSSR count). The molecular formula is C45H61N7O2. The molecule has 9 heteroatoms. The van der Waals surface area contributed by atoms with Crippen molar-refractivity contribution in [3.05, 3.63) is 108 Å². The Bertz CT molecular complexity index is 1660. The van der Waals surface area contributed by atoms with E-state index in [2.05, 4.69) is 99.7 Å². The monoisotopic (exact) mass is 731 g/mol. The van der Waals surface area contributed by atoms with E-state index in [1.807, 2.05) is 31.3 Å². The highest BCUT2D eigenvalue weighted by molar-refractivity contribution is 5.96. The fourth-order valence-electron chi connectivity index (χ4n) is 7.98. The summed E-state index contributed by atoms with van der Waals surface area (Å²) in [5, 5.41) is 22.0. The van der Waals surface area contributed by atoms with Gasteiger partial charge >= 0.3 is 0 Å². The molecule has 54 heavy (non-hydrogen) atoms. The van der Waals surface area contributed by atoms with Crippen molar-refractivity contribution in [2.75, 3.05) is 44.8 Å². The summed E-state index contributed by atoms with van der Waals surface area (Å²) in [6, 6.07) is 19.0. The number of hydrogen-bond acceptors (Lipinski definition) is 7. The van der Waals surface area contributed by atoms with E-state index < -0.39 is 0 Å². The minimum absolute atomic E-state index is 0.00301. The molecular weight excluding hydrogens is 671 g/mol. The maximum atomic E-state index is 13.3. The molecule has 2 amide bonds. The number of anilines is 1. The normalized spacial score (nSPS) is 21.5. The second-order valence-corrected chi connectivity index (χ2v) is 15.3. The number of rotatable bonds is 18. The minimum atomic E-state index is -0.00301. The lowest BCUT2D eigenvalue weighted by molar-refractivity contribution is -0.121. The number of amides is 2. The van der Waals surface area contributed by atoms with Crippen LogP contribution in [0.2, 0.25) is 0 Å². The van der Waals surface area contributed by atoms with E-state index in [0.717, 1.165) is 114 Å². The fourth-order valence-corrected chi connectivity index (χ4v) is 7.98. The van der Waals surface area contributed by atoms with Gasteiger partial charge in [0.05, 0.1) is 24.3 Å². The predicted octanol–water partition coefficient (Wildman–Crippen LogP) is 6.81. The molecule has 2 heterocycles. The van der Waals surface area contributed by atoms with Gasteiger partial charge < -0.3 is 26.2 Å². The summed E-state index contributed by atoms with van der Waals surface area (Å²) < 4.78 is 0. The van der Waals surface area contributed by atoms with Gasteiger partial charge in [0.2, 0.25) is 5.91 Å². The molecule has 2 aromatic carbocycles. The molecule has 0 radical (unpaired) electrons. The summed E-state index contributed by atoms with van der Waals surface area (Å²) in [4.78, 5) is 30.0. The molecule has 3 fully saturated rings. The zero-order chi connectivity index (χ0) is 38.3. The van der Waals surface area contributed by atoms with Gasteiger partial charge in [-0.25, -0.2) is 0 Å². The number of carbonyl (C=O) groups excluding carboxylic acids is 2. The van der Waals surface area contributed by atoms with Crippen LogP contribution in [-0.4, -0.2) is 68.7 Å². The van der Waals surface area contributed by atoms with Crippen LogP contribution in [0.15, 0.2) is 91.2 Å². The van der Waals surface area contributed by atoms with E-state index in [0.29, 0.717) is 29.5 Å². The third kappa shape index (κ3) is 12.2.